The Morgan fingerprint density at radius 3 is 2.79 bits per heavy atom. The van der Waals surface area contributed by atoms with Gasteiger partial charge in [0.05, 0.1) is 21.3 Å². The van der Waals surface area contributed by atoms with Crippen molar-refractivity contribution < 1.29 is 9.90 Å². The number of rotatable bonds is 2. The summed E-state index contributed by atoms with van der Waals surface area (Å²) in [5.74, 6) is -0.0303. The third-order valence-corrected chi connectivity index (χ3v) is 4.28. The van der Waals surface area contributed by atoms with Crippen molar-refractivity contribution in [1.29, 1.82) is 0 Å². The lowest BCUT2D eigenvalue weighted by Gasteiger charge is -2.04. The number of aldehydes is 1. The van der Waals surface area contributed by atoms with E-state index in [4.69, 9.17) is 0 Å². The van der Waals surface area contributed by atoms with E-state index in [1.54, 1.807) is 12.1 Å². The van der Waals surface area contributed by atoms with Crippen LogP contribution < -0.4 is 0 Å². The summed E-state index contributed by atoms with van der Waals surface area (Å²) in [6.45, 7) is 0. The van der Waals surface area contributed by atoms with E-state index in [1.807, 2.05) is 24.3 Å². The van der Waals surface area contributed by atoms with Crippen molar-refractivity contribution in [2.75, 3.05) is 0 Å². The number of para-hydroxylation sites is 1. The van der Waals surface area contributed by atoms with E-state index in [-0.39, 0.29) is 11.3 Å². The maximum absolute atomic E-state index is 10.9. The van der Waals surface area contributed by atoms with E-state index in [0.717, 1.165) is 14.7 Å². The van der Waals surface area contributed by atoms with Crippen molar-refractivity contribution in [3.05, 3.63) is 46.4 Å². The molecule has 1 heterocycles. The molecule has 5 heteroatoms. The summed E-state index contributed by atoms with van der Waals surface area (Å²) < 4.78 is 1.78. The molecule has 0 saturated heterocycles. The second kappa shape index (κ2) is 4.75. The summed E-state index contributed by atoms with van der Waals surface area (Å²) in [6, 6.07) is 11.1. The van der Waals surface area contributed by atoms with Crippen molar-refractivity contribution in [3.63, 3.8) is 0 Å². The maximum Gasteiger partial charge on any atom is 0.153 e. The summed E-state index contributed by atoms with van der Waals surface area (Å²) in [6.07, 6.45) is 0.636. The van der Waals surface area contributed by atoms with Crippen LogP contribution in [0.15, 0.2) is 40.9 Å². The fourth-order valence-electron chi connectivity index (χ4n) is 1.86. The lowest BCUT2D eigenvalue weighted by molar-refractivity contribution is 0.112. The highest BCUT2D eigenvalue weighted by Gasteiger charge is 2.14. The molecule has 3 aromatic rings. The molecule has 0 fully saturated rings. The van der Waals surface area contributed by atoms with Gasteiger partial charge in [-0.15, -0.1) is 11.3 Å². The molecule has 0 bridgehead atoms. The van der Waals surface area contributed by atoms with Gasteiger partial charge in [0.15, 0.2) is 6.29 Å². The summed E-state index contributed by atoms with van der Waals surface area (Å²) in [5.41, 5.74) is 1.70. The number of phenols is 1. The van der Waals surface area contributed by atoms with Gasteiger partial charge in [0.1, 0.15) is 10.8 Å². The predicted molar refractivity (Wildman–Crippen MR) is 79.8 cm³/mol. The van der Waals surface area contributed by atoms with Crippen molar-refractivity contribution in [3.8, 4) is 16.3 Å². The van der Waals surface area contributed by atoms with Crippen LogP contribution in [0.25, 0.3) is 20.8 Å². The van der Waals surface area contributed by atoms with Gasteiger partial charge in [0.2, 0.25) is 0 Å². The van der Waals surface area contributed by atoms with Crippen LogP contribution in [0.1, 0.15) is 10.4 Å². The van der Waals surface area contributed by atoms with Crippen molar-refractivity contribution in [2.45, 2.75) is 0 Å². The largest absolute Gasteiger partial charge is 0.506 e. The standard InChI is InChI=1S/C14H8BrNO2S/c15-9-5-8(7-17)13(18)10(6-9)14-16-11-3-1-2-4-12(11)19-14/h1-7,18H. The number of nitrogens with zero attached hydrogens (tertiary/aromatic N) is 1. The number of hydrogen-bond donors (Lipinski definition) is 1. The van der Waals surface area contributed by atoms with Gasteiger partial charge in [-0.1, -0.05) is 28.1 Å². The molecule has 1 aromatic heterocycles. The number of carbonyl (C=O) groups excluding carboxylic acids is 1. The molecule has 0 spiro atoms. The highest BCUT2D eigenvalue weighted by Crippen LogP contribution is 2.38. The zero-order valence-electron chi connectivity index (χ0n) is 9.63. The average molecular weight is 334 g/mol. The minimum atomic E-state index is -0.0303. The van der Waals surface area contributed by atoms with Crippen molar-refractivity contribution in [2.24, 2.45) is 0 Å². The molecule has 0 saturated carbocycles. The zero-order chi connectivity index (χ0) is 13.4. The van der Waals surface area contributed by atoms with E-state index < -0.39 is 0 Å². The van der Waals surface area contributed by atoms with Gasteiger partial charge < -0.3 is 5.11 Å². The highest BCUT2D eigenvalue weighted by atomic mass is 79.9. The minimum absolute atomic E-state index is 0.0303. The molecule has 0 unspecified atom stereocenters. The van der Waals surface area contributed by atoms with Gasteiger partial charge in [-0.3, -0.25) is 4.79 Å². The lowest BCUT2D eigenvalue weighted by Crippen LogP contribution is -1.86. The Hall–Kier alpha value is -1.72. The van der Waals surface area contributed by atoms with E-state index in [9.17, 15) is 9.90 Å². The van der Waals surface area contributed by atoms with Crippen LogP contribution in [0.5, 0.6) is 5.75 Å². The number of thiazole rings is 1. The smallest absolute Gasteiger partial charge is 0.153 e. The Kier molecular flexibility index (Phi) is 3.08. The van der Waals surface area contributed by atoms with Crippen molar-refractivity contribution in [1.82, 2.24) is 4.98 Å². The Bertz CT molecular complexity index is 749. The second-order valence-electron chi connectivity index (χ2n) is 4.00. The first-order valence-corrected chi connectivity index (χ1v) is 7.13. The number of benzene rings is 2. The normalized spacial score (nSPS) is 10.8. The first kappa shape index (κ1) is 12.3. The van der Waals surface area contributed by atoms with Gasteiger partial charge in [0.25, 0.3) is 0 Å². The monoisotopic (exact) mass is 333 g/mol. The minimum Gasteiger partial charge on any atom is -0.506 e. The first-order chi connectivity index (χ1) is 9.19. The van der Waals surface area contributed by atoms with Crippen LogP contribution in [0, 0.1) is 0 Å². The third-order valence-electron chi connectivity index (χ3n) is 2.76. The molecule has 0 atom stereocenters. The van der Waals surface area contributed by atoms with E-state index in [2.05, 4.69) is 20.9 Å². The fourth-order valence-corrected chi connectivity index (χ4v) is 3.32. The number of carbonyl (C=O) groups is 1. The predicted octanol–water partition coefficient (Wildman–Crippen LogP) is 4.24. The van der Waals surface area contributed by atoms with Gasteiger partial charge in [0, 0.05) is 4.47 Å². The molecule has 0 aliphatic rings. The van der Waals surface area contributed by atoms with Gasteiger partial charge in [-0.25, -0.2) is 4.98 Å². The van der Waals surface area contributed by atoms with Crippen LogP contribution in [-0.2, 0) is 0 Å². The first-order valence-electron chi connectivity index (χ1n) is 5.52. The number of halogens is 1. The molecule has 0 amide bonds. The number of hydrogen-bond acceptors (Lipinski definition) is 4. The fraction of sp³-hybridized carbons (Fsp3) is 0. The molecule has 3 rings (SSSR count). The quantitative estimate of drug-likeness (QED) is 0.713. The van der Waals surface area contributed by atoms with Gasteiger partial charge in [-0.2, -0.15) is 0 Å². The Balaban J connectivity index is 2.26. The molecule has 1 N–H and O–H groups in total. The second-order valence-corrected chi connectivity index (χ2v) is 5.94. The van der Waals surface area contributed by atoms with Crippen LogP contribution in [0.2, 0.25) is 0 Å². The van der Waals surface area contributed by atoms with Crippen molar-refractivity contribution >= 4 is 43.8 Å². The molecule has 2 aromatic carbocycles. The maximum atomic E-state index is 10.9. The molecule has 19 heavy (non-hydrogen) atoms. The van der Waals surface area contributed by atoms with Crippen LogP contribution in [-0.4, -0.2) is 16.4 Å². The summed E-state index contributed by atoms with van der Waals surface area (Å²) in [7, 11) is 0. The average Bonchev–Trinajstić information content (AvgIpc) is 2.84. The Morgan fingerprint density at radius 1 is 1.26 bits per heavy atom. The van der Waals surface area contributed by atoms with E-state index >= 15 is 0 Å². The van der Waals surface area contributed by atoms with Gasteiger partial charge >= 0.3 is 0 Å². The lowest BCUT2D eigenvalue weighted by atomic mass is 10.1. The third kappa shape index (κ3) is 2.15. The van der Waals surface area contributed by atoms with E-state index in [0.29, 0.717) is 16.9 Å². The van der Waals surface area contributed by atoms with Crippen LogP contribution in [0.3, 0.4) is 0 Å². The molecular formula is C14H8BrNO2S. The van der Waals surface area contributed by atoms with Crippen LogP contribution >= 0.6 is 27.3 Å². The number of fused-ring (bicyclic) bond motifs is 1. The highest BCUT2D eigenvalue weighted by molar-refractivity contribution is 9.10. The summed E-state index contributed by atoms with van der Waals surface area (Å²) in [5, 5.41) is 10.8. The summed E-state index contributed by atoms with van der Waals surface area (Å²) >= 11 is 4.82. The number of aromatic hydroxyl groups is 1. The summed E-state index contributed by atoms with van der Waals surface area (Å²) in [4.78, 5) is 15.4. The van der Waals surface area contributed by atoms with Gasteiger partial charge in [-0.05, 0) is 24.3 Å². The number of aromatic nitrogens is 1. The topological polar surface area (TPSA) is 50.2 Å². The molecule has 0 aliphatic carbocycles. The number of phenolic OH excluding ortho intramolecular Hbond substituents is 1. The molecular weight excluding hydrogens is 326 g/mol. The molecule has 0 aliphatic heterocycles. The SMILES string of the molecule is O=Cc1cc(Br)cc(-c2nc3ccccc3s2)c1O. The van der Waals surface area contributed by atoms with Crippen LogP contribution in [0.4, 0.5) is 0 Å². The zero-order valence-corrected chi connectivity index (χ0v) is 12.0. The molecule has 94 valence electrons. The molecule has 0 radical (unpaired) electrons. The Labute approximate surface area is 121 Å². The Morgan fingerprint density at radius 2 is 2.05 bits per heavy atom. The molecule has 3 nitrogen and oxygen atoms in total. The van der Waals surface area contributed by atoms with E-state index in [1.165, 1.54) is 11.3 Å².